The molecule has 0 amide bonds. The Morgan fingerprint density at radius 3 is 2.43 bits per heavy atom. The molecule has 8 heteroatoms. The minimum atomic E-state index is -0.866. The monoisotopic (exact) mass is 292 g/mol. The number of hydrogen-bond acceptors (Lipinski definition) is 5. The molecule has 2 aromatic rings. The molecule has 0 aliphatic carbocycles. The molecule has 0 bridgehead atoms. The van der Waals surface area contributed by atoms with E-state index in [-0.39, 0.29) is 17.2 Å². The molecule has 21 heavy (non-hydrogen) atoms. The highest BCUT2D eigenvalue weighted by atomic mass is 19.1. The van der Waals surface area contributed by atoms with Gasteiger partial charge in [-0.3, -0.25) is 20.2 Å². The fourth-order valence-corrected chi connectivity index (χ4v) is 1.79. The van der Waals surface area contributed by atoms with Crippen molar-refractivity contribution < 1.29 is 19.0 Å². The molecule has 7 nitrogen and oxygen atoms in total. The van der Waals surface area contributed by atoms with E-state index < -0.39 is 21.4 Å². The van der Waals surface area contributed by atoms with Crippen LogP contribution in [-0.2, 0) is 0 Å². The number of halogens is 1. The summed E-state index contributed by atoms with van der Waals surface area (Å²) in [5.41, 5.74) is -0.409. The number of rotatable bonds is 4. The second-order valence-electron chi connectivity index (χ2n) is 4.18. The molecule has 0 saturated carbocycles. The van der Waals surface area contributed by atoms with E-state index >= 15 is 0 Å². The second-order valence-corrected chi connectivity index (χ2v) is 4.18. The summed E-state index contributed by atoms with van der Waals surface area (Å²) < 4.78 is 18.5. The number of nitrogens with zero attached hydrogens (tertiary/aromatic N) is 2. The highest BCUT2D eigenvalue weighted by Gasteiger charge is 2.20. The Balaban J connectivity index is 2.46. The molecule has 0 saturated heterocycles. The van der Waals surface area contributed by atoms with Crippen LogP contribution in [0, 0.1) is 33.0 Å². The van der Waals surface area contributed by atoms with Crippen molar-refractivity contribution >= 4 is 11.4 Å². The van der Waals surface area contributed by atoms with E-state index in [9.17, 15) is 24.6 Å². The van der Waals surface area contributed by atoms with Gasteiger partial charge < -0.3 is 4.74 Å². The maximum Gasteiger partial charge on any atom is 0.314 e. The van der Waals surface area contributed by atoms with Crippen molar-refractivity contribution in [3.63, 3.8) is 0 Å². The largest absolute Gasteiger partial charge is 0.450 e. The van der Waals surface area contributed by atoms with Crippen LogP contribution in [0.25, 0.3) is 0 Å². The number of aryl methyl sites for hydroxylation is 1. The van der Waals surface area contributed by atoms with Gasteiger partial charge in [0.1, 0.15) is 11.6 Å². The van der Waals surface area contributed by atoms with Crippen molar-refractivity contribution in [2.24, 2.45) is 0 Å². The topological polar surface area (TPSA) is 95.5 Å². The summed E-state index contributed by atoms with van der Waals surface area (Å²) in [4.78, 5) is 20.3. The number of nitro benzene ring substituents is 2. The molecular formula is C13H9FN2O5. The Hall–Kier alpha value is -3.03. The van der Waals surface area contributed by atoms with Gasteiger partial charge in [0.05, 0.1) is 22.0 Å². The number of hydrogen-bond donors (Lipinski definition) is 0. The predicted octanol–water partition coefficient (Wildman–Crippen LogP) is 3.74. The molecule has 108 valence electrons. The lowest BCUT2D eigenvalue weighted by atomic mass is 10.2. The van der Waals surface area contributed by atoms with Crippen molar-refractivity contribution in [3.05, 3.63) is 68.0 Å². The van der Waals surface area contributed by atoms with Gasteiger partial charge in [0.2, 0.25) is 5.75 Å². The first kappa shape index (κ1) is 14.4. The molecule has 0 aliphatic rings. The summed E-state index contributed by atoms with van der Waals surface area (Å²) in [7, 11) is 0. The van der Waals surface area contributed by atoms with E-state index in [0.717, 1.165) is 18.2 Å². The van der Waals surface area contributed by atoms with Crippen LogP contribution in [0.4, 0.5) is 15.8 Å². The van der Waals surface area contributed by atoms with E-state index in [1.54, 1.807) is 0 Å². The van der Waals surface area contributed by atoms with Crippen LogP contribution in [0.5, 0.6) is 11.5 Å². The van der Waals surface area contributed by atoms with Gasteiger partial charge in [0, 0.05) is 11.6 Å². The van der Waals surface area contributed by atoms with Crippen LogP contribution >= 0.6 is 0 Å². The van der Waals surface area contributed by atoms with Crippen molar-refractivity contribution in [1.82, 2.24) is 0 Å². The maximum atomic E-state index is 13.3. The van der Waals surface area contributed by atoms with Gasteiger partial charge in [0.25, 0.3) is 5.69 Å². The molecule has 0 unspecified atom stereocenters. The minimum absolute atomic E-state index is 0.111. The minimum Gasteiger partial charge on any atom is -0.450 e. The Labute approximate surface area is 117 Å². The third-order valence-electron chi connectivity index (χ3n) is 2.68. The molecule has 0 spiro atoms. The summed E-state index contributed by atoms with van der Waals surface area (Å²) in [5.74, 6) is -1.16. The summed E-state index contributed by atoms with van der Waals surface area (Å²) >= 11 is 0. The highest BCUT2D eigenvalue weighted by molar-refractivity contribution is 5.54. The number of ether oxygens (including phenoxy) is 1. The van der Waals surface area contributed by atoms with Crippen molar-refractivity contribution in [3.8, 4) is 11.5 Å². The first-order chi connectivity index (χ1) is 9.88. The van der Waals surface area contributed by atoms with Crippen LogP contribution in [0.1, 0.15) is 5.56 Å². The zero-order chi connectivity index (χ0) is 15.6. The Morgan fingerprint density at radius 1 is 1.10 bits per heavy atom. The lowest BCUT2D eigenvalue weighted by Crippen LogP contribution is -1.97. The lowest BCUT2D eigenvalue weighted by Gasteiger charge is -2.07. The van der Waals surface area contributed by atoms with E-state index in [1.165, 1.54) is 25.1 Å². The van der Waals surface area contributed by atoms with Crippen LogP contribution in [0.15, 0.2) is 36.4 Å². The number of nitro groups is 2. The molecule has 0 atom stereocenters. The fourth-order valence-electron chi connectivity index (χ4n) is 1.79. The highest BCUT2D eigenvalue weighted by Crippen LogP contribution is 2.35. The molecule has 0 heterocycles. The van der Waals surface area contributed by atoms with Crippen LogP contribution in [0.3, 0.4) is 0 Å². The Kier molecular flexibility index (Phi) is 3.79. The smallest absolute Gasteiger partial charge is 0.314 e. The summed E-state index contributed by atoms with van der Waals surface area (Å²) in [6.07, 6.45) is 0. The van der Waals surface area contributed by atoms with E-state index in [4.69, 9.17) is 4.74 Å². The third kappa shape index (κ3) is 3.11. The van der Waals surface area contributed by atoms with Crippen molar-refractivity contribution in [1.29, 1.82) is 0 Å². The average molecular weight is 292 g/mol. The third-order valence-corrected chi connectivity index (χ3v) is 2.68. The summed E-state index contributed by atoms with van der Waals surface area (Å²) in [6, 6.07) is 7.04. The molecule has 0 radical (unpaired) electrons. The van der Waals surface area contributed by atoms with E-state index in [1.807, 2.05) is 0 Å². The SMILES string of the molecule is Cc1cccc(Oc2cc(F)cc([N+](=O)[O-])c2)c1[N+](=O)[O-]. The zero-order valence-electron chi connectivity index (χ0n) is 10.8. The van der Waals surface area contributed by atoms with E-state index in [0.29, 0.717) is 5.56 Å². The molecule has 0 N–H and O–H groups in total. The molecule has 0 aromatic heterocycles. The molecule has 2 rings (SSSR count). The van der Waals surface area contributed by atoms with Crippen molar-refractivity contribution in [2.75, 3.05) is 0 Å². The molecule has 0 aliphatic heterocycles. The van der Waals surface area contributed by atoms with E-state index in [2.05, 4.69) is 0 Å². The van der Waals surface area contributed by atoms with Gasteiger partial charge in [-0.25, -0.2) is 4.39 Å². The lowest BCUT2D eigenvalue weighted by molar-refractivity contribution is -0.386. The average Bonchev–Trinajstić information content (AvgIpc) is 2.37. The van der Waals surface area contributed by atoms with Crippen LogP contribution in [0.2, 0.25) is 0 Å². The molecular weight excluding hydrogens is 283 g/mol. The Morgan fingerprint density at radius 2 is 1.81 bits per heavy atom. The number of para-hydroxylation sites is 1. The van der Waals surface area contributed by atoms with Gasteiger partial charge in [-0.1, -0.05) is 12.1 Å². The quantitative estimate of drug-likeness (QED) is 0.631. The van der Waals surface area contributed by atoms with Crippen LogP contribution < -0.4 is 4.74 Å². The van der Waals surface area contributed by atoms with Gasteiger partial charge in [0.15, 0.2) is 0 Å². The van der Waals surface area contributed by atoms with Crippen molar-refractivity contribution in [2.45, 2.75) is 6.92 Å². The first-order valence-electron chi connectivity index (χ1n) is 5.75. The van der Waals surface area contributed by atoms with Gasteiger partial charge in [-0.15, -0.1) is 0 Å². The summed E-state index contributed by atoms with van der Waals surface area (Å²) in [6.45, 7) is 1.53. The summed E-state index contributed by atoms with van der Waals surface area (Å²) in [5, 5.41) is 21.7. The number of benzene rings is 2. The van der Waals surface area contributed by atoms with Gasteiger partial charge in [-0.05, 0) is 13.0 Å². The fraction of sp³-hybridized carbons (Fsp3) is 0.0769. The predicted molar refractivity (Wildman–Crippen MR) is 71.0 cm³/mol. The van der Waals surface area contributed by atoms with Crippen LogP contribution in [-0.4, -0.2) is 9.85 Å². The molecule has 0 fully saturated rings. The normalized spacial score (nSPS) is 10.2. The number of non-ortho nitro benzene ring substituents is 1. The Bertz CT molecular complexity index is 732. The zero-order valence-corrected chi connectivity index (χ0v) is 10.8. The van der Waals surface area contributed by atoms with Gasteiger partial charge >= 0.3 is 5.69 Å². The maximum absolute atomic E-state index is 13.3. The molecule has 2 aromatic carbocycles. The second kappa shape index (κ2) is 5.53. The first-order valence-corrected chi connectivity index (χ1v) is 5.75. The standard InChI is InChI=1S/C13H9FN2O5/c1-8-3-2-4-12(13(8)16(19)20)21-11-6-9(14)5-10(7-11)15(17)18/h2-7H,1H3. The van der Waals surface area contributed by atoms with Gasteiger partial charge in [-0.2, -0.15) is 0 Å².